The molecule has 0 aromatic heterocycles. The largest absolute Gasteiger partial charge is 0.397 e. The van der Waals surface area contributed by atoms with Gasteiger partial charge in [-0.05, 0) is 40.2 Å². The fourth-order valence-corrected chi connectivity index (χ4v) is 1.94. The van der Waals surface area contributed by atoms with Gasteiger partial charge in [0.1, 0.15) is 11.6 Å². The average Bonchev–Trinajstić information content (AvgIpc) is 2.31. The van der Waals surface area contributed by atoms with Crippen molar-refractivity contribution in [2.45, 2.75) is 0 Å². The molecule has 3 N–H and O–H groups in total. The van der Waals surface area contributed by atoms with Crippen LogP contribution in [0.25, 0.3) is 0 Å². The van der Waals surface area contributed by atoms with Crippen LogP contribution in [0.2, 0.25) is 5.02 Å². The van der Waals surface area contributed by atoms with Gasteiger partial charge in [0.25, 0.3) is 0 Å². The maximum atomic E-state index is 13.4. The van der Waals surface area contributed by atoms with Gasteiger partial charge in [-0.25, -0.2) is 8.78 Å². The van der Waals surface area contributed by atoms with Crippen molar-refractivity contribution < 1.29 is 8.78 Å². The summed E-state index contributed by atoms with van der Waals surface area (Å²) in [6.07, 6.45) is 0. The second-order valence-electron chi connectivity index (χ2n) is 3.61. The molecule has 0 amide bonds. The van der Waals surface area contributed by atoms with Crippen molar-refractivity contribution in [2.24, 2.45) is 0 Å². The topological polar surface area (TPSA) is 38.0 Å². The third-order valence-corrected chi connectivity index (χ3v) is 3.19. The van der Waals surface area contributed by atoms with Gasteiger partial charge in [0.15, 0.2) is 0 Å². The van der Waals surface area contributed by atoms with E-state index in [4.69, 9.17) is 17.3 Å². The van der Waals surface area contributed by atoms with Crippen LogP contribution in [0.5, 0.6) is 0 Å². The molecule has 0 saturated carbocycles. The first-order chi connectivity index (χ1) is 8.47. The fourth-order valence-electron chi connectivity index (χ4n) is 1.40. The van der Waals surface area contributed by atoms with Crippen molar-refractivity contribution in [1.82, 2.24) is 0 Å². The van der Waals surface area contributed by atoms with Gasteiger partial charge in [-0.15, -0.1) is 0 Å². The molecule has 6 heteroatoms. The summed E-state index contributed by atoms with van der Waals surface area (Å²) in [4.78, 5) is 0. The first-order valence-electron chi connectivity index (χ1n) is 4.94. The van der Waals surface area contributed by atoms with Gasteiger partial charge in [-0.3, -0.25) is 0 Å². The van der Waals surface area contributed by atoms with Crippen molar-refractivity contribution in [1.29, 1.82) is 0 Å². The van der Waals surface area contributed by atoms with E-state index in [1.807, 2.05) is 0 Å². The van der Waals surface area contributed by atoms with Gasteiger partial charge < -0.3 is 11.1 Å². The Bertz CT molecular complexity index is 605. The molecule has 18 heavy (non-hydrogen) atoms. The minimum absolute atomic E-state index is 0.0174. The molecule has 0 atom stereocenters. The third kappa shape index (κ3) is 2.73. The number of hydrogen-bond donors (Lipinski definition) is 2. The molecule has 0 heterocycles. The van der Waals surface area contributed by atoms with Crippen molar-refractivity contribution in [3.8, 4) is 0 Å². The number of benzene rings is 2. The van der Waals surface area contributed by atoms with Gasteiger partial charge >= 0.3 is 0 Å². The molecular formula is C12H8BrClF2N2. The maximum absolute atomic E-state index is 13.4. The summed E-state index contributed by atoms with van der Waals surface area (Å²) in [5.74, 6) is -0.961. The van der Waals surface area contributed by atoms with Crippen LogP contribution in [0.1, 0.15) is 0 Å². The second kappa shape index (κ2) is 5.12. The quantitative estimate of drug-likeness (QED) is 0.781. The molecule has 2 rings (SSSR count). The van der Waals surface area contributed by atoms with Crippen molar-refractivity contribution >= 4 is 44.6 Å². The standard InChI is InChI=1S/C12H8BrClF2N2/c13-7-4-11(17)12(5-10(7)16)18-6-1-2-9(15)8(14)3-6/h1-5,18H,17H2. The van der Waals surface area contributed by atoms with Gasteiger partial charge in [0, 0.05) is 11.8 Å². The van der Waals surface area contributed by atoms with E-state index >= 15 is 0 Å². The number of nitrogens with two attached hydrogens (primary N) is 1. The Morgan fingerprint density at radius 3 is 2.50 bits per heavy atom. The summed E-state index contributed by atoms with van der Waals surface area (Å²) >= 11 is 8.68. The van der Waals surface area contributed by atoms with Crippen molar-refractivity contribution in [3.05, 3.63) is 51.5 Å². The van der Waals surface area contributed by atoms with Crippen molar-refractivity contribution in [2.75, 3.05) is 11.1 Å². The highest BCUT2D eigenvalue weighted by Crippen LogP contribution is 2.30. The molecule has 0 unspecified atom stereocenters. The normalized spacial score (nSPS) is 10.4. The number of hydrogen-bond acceptors (Lipinski definition) is 2. The van der Waals surface area contributed by atoms with Crippen LogP contribution >= 0.6 is 27.5 Å². The number of rotatable bonds is 2. The Balaban J connectivity index is 2.34. The van der Waals surface area contributed by atoms with Crippen LogP contribution in [0.3, 0.4) is 0 Å². The molecule has 0 bridgehead atoms. The first-order valence-corrected chi connectivity index (χ1v) is 6.11. The van der Waals surface area contributed by atoms with Crippen LogP contribution in [0.15, 0.2) is 34.8 Å². The van der Waals surface area contributed by atoms with E-state index in [1.54, 1.807) is 0 Å². The molecule has 2 nitrogen and oxygen atoms in total. The van der Waals surface area contributed by atoms with Gasteiger partial charge in [0.05, 0.1) is 20.9 Å². The average molecular weight is 334 g/mol. The zero-order valence-corrected chi connectivity index (χ0v) is 11.3. The Kier molecular flexibility index (Phi) is 3.73. The number of anilines is 3. The molecule has 0 saturated heterocycles. The number of nitrogens with one attached hydrogen (secondary N) is 1. The Hall–Kier alpha value is -1.33. The zero-order valence-electron chi connectivity index (χ0n) is 8.98. The Labute approximate surface area is 116 Å². The van der Waals surface area contributed by atoms with Gasteiger partial charge in [-0.2, -0.15) is 0 Å². The summed E-state index contributed by atoms with van der Waals surface area (Å²) in [7, 11) is 0. The Morgan fingerprint density at radius 2 is 1.83 bits per heavy atom. The lowest BCUT2D eigenvalue weighted by Crippen LogP contribution is -1.98. The van der Waals surface area contributed by atoms with E-state index in [0.29, 0.717) is 17.1 Å². The van der Waals surface area contributed by atoms with Crippen LogP contribution in [-0.2, 0) is 0 Å². The SMILES string of the molecule is Nc1cc(Br)c(F)cc1Nc1ccc(F)c(Cl)c1. The molecule has 0 aliphatic heterocycles. The highest BCUT2D eigenvalue weighted by atomic mass is 79.9. The highest BCUT2D eigenvalue weighted by Gasteiger charge is 2.07. The minimum Gasteiger partial charge on any atom is -0.397 e. The zero-order chi connectivity index (χ0) is 13.3. The molecular weight excluding hydrogens is 325 g/mol. The summed E-state index contributed by atoms with van der Waals surface area (Å²) in [5.41, 5.74) is 7.01. The monoisotopic (exact) mass is 332 g/mol. The van der Waals surface area contributed by atoms with E-state index in [-0.39, 0.29) is 9.50 Å². The smallest absolute Gasteiger partial charge is 0.141 e. The molecule has 0 spiro atoms. The Morgan fingerprint density at radius 1 is 1.11 bits per heavy atom. The van der Waals surface area contributed by atoms with Crippen LogP contribution in [-0.4, -0.2) is 0 Å². The third-order valence-electron chi connectivity index (χ3n) is 2.29. The molecule has 2 aromatic carbocycles. The number of nitrogen functional groups attached to an aromatic ring is 1. The van der Waals surface area contributed by atoms with Gasteiger partial charge in [-0.1, -0.05) is 11.6 Å². The molecule has 0 aliphatic carbocycles. The molecule has 2 aromatic rings. The summed E-state index contributed by atoms with van der Waals surface area (Å²) < 4.78 is 26.6. The first kappa shape index (κ1) is 13.1. The van der Waals surface area contributed by atoms with Gasteiger partial charge in [0.2, 0.25) is 0 Å². The number of halogens is 4. The second-order valence-corrected chi connectivity index (χ2v) is 4.87. The summed E-state index contributed by atoms with van der Waals surface area (Å²) in [6.45, 7) is 0. The van der Waals surface area contributed by atoms with Crippen LogP contribution in [0.4, 0.5) is 25.8 Å². The maximum Gasteiger partial charge on any atom is 0.141 e. The molecule has 0 aliphatic rings. The predicted octanol–water partition coefficient (Wildman–Crippen LogP) is 4.71. The van der Waals surface area contributed by atoms with E-state index in [2.05, 4.69) is 21.2 Å². The molecule has 0 fully saturated rings. The lowest BCUT2D eigenvalue weighted by molar-refractivity contribution is 0.622. The van der Waals surface area contributed by atoms with Crippen LogP contribution in [0, 0.1) is 11.6 Å². The summed E-state index contributed by atoms with van der Waals surface area (Å²) in [6, 6.07) is 6.80. The predicted molar refractivity (Wildman–Crippen MR) is 73.2 cm³/mol. The van der Waals surface area contributed by atoms with Crippen molar-refractivity contribution in [3.63, 3.8) is 0 Å². The molecule has 94 valence electrons. The summed E-state index contributed by atoms with van der Waals surface area (Å²) in [5, 5.41) is 2.85. The molecule has 0 radical (unpaired) electrons. The fraction of sp³-hybridized carbons (Fsp3) is 0. The highest BCUT2D eigenvalue weighted by molar-refractivity contribution is 9.10. The van der Waals surface area contributed by atoms with Crippen LogP contribution < -0.4 is 11.1 Å². The lowest BCUT2D eigenvalue weighted by Gasteiger charge is -2.10. The van der Waals surface area contributed by atoms with E-state index < -0.39 is 11.6 Å². The minimum atomic E-state index is -0.517. The van der Waals surface area contributed by atoms with E-state index in [0.717, 1.165) is 0 Å². The van der Waals surface area contributed by atoms with E-state index in [1.165, 1.54) is 30.3 Å². The van der Waals surface area contributed by atoms with E-state index in [9.17, 15) is 8.78 Å². The lowest BCUT2D eigenvalue weighted by atomic mass is 10.2.